The van der Waals surface area contributed by atoms with E-state index in [4.69, 9.17) is 37.9 Å². The molecule has 0 N–H and O–H groups in total. The molecule has 0 unspecified atom stereocenters. The first-order chi connectivity index (χ1) is 20.4. The van der Waals surface area contributed by atoms with Crippen LogP contribution in [0.25, 0.3) is 22.3 Å². The summed E-state index contributed by atoms with van der Waals surface area (Å²) in [4.78, 5) is 0. The number of benzene rings is 4. The molecule has 0 heterocycles. The van der Waals surface area contributed by atoms with Crippen LogP contribution in [0.1, 0.15) is 0 Å². The van der Waals surface area contributed by atoms with E-state index in [1.54, 1.807) is 69.0 Å². The van der Waals surface area contributed by atoms with Crippen molar-refractivity contribution >= 4 is 22.8 Å². The standard InChI is InChI=1S/C32H34O9Se/c1-34-21-9-11-29(23(17-21)19-13-25(36-3)31(40-7)26(14-19)37-4)42(33)30-12-10-22(35-2)18-24(30)20-15-27(38-5)32(41-8)28(16-20)39-6/h9-18H,1-8H3. The molecule has 0 fully saturated rings. The monoisotopic (exact) mass is 642 g/mol. The van der Waals surface area contributed by atoms with Crippen LogP contribution in [0.4, 0.5) is 0 Å². The van der Waals surface area contributed by atoms with Gasteiger partial charge < -0.3 is 0 Å². The van der Waals surface area contributed by atoms with E-state index in [1.165, 1.54) is 0 Å². The van der Waals surface area contributed by atoms with Gasteiger partial charge in [0.25, 0.3) is 0 Å². The first-order valence-corrected chi connectivity index (χ1v) is 15.2. The van der Waals surface area contributed by atoms with Gasteiger partial charge in [0.05, 0.1) is 0 Å². The summed E-state index contributed by atoms with van der Waals surface area (Å²) in [6, 6.07) is 18.3. The summed E-state index contributed by atoms with van der Waals surface area (Å²) < 4.78 is 60.4. The van der Waals surface area contributed by atoms with Crippen molar-refractivity contribution in [2.75, 3.05) is 56.9 Å². The van der Waals surface area contributed by atoms with Gasteiger partial charge in [0, 0.05) is 0 Å². The van der Waals surface area contributed by atoms with Crippen molar-refractivity contribution in [3.8, 4) is 68.2 Å². The maximum absolute atomic E-state index is 14.7. The normalized spacial score (nSPS) is 10.7. The Hall–Kier alpha value is -4.40. The van der Waals surface area contributed by atoms with Crippen molar-refractivity contribution in [2.24, 2.45) is 0 Å². The van der Waals surface area contributed by atoms with Crippen LogP contribution in [-0.2, 0) is 3.83 Å². The van der Waals surface area contributed by atoms with Gasteiger partial charge in [-0.15, -0.1) is 0 Å². The van der Waals surface area contributed by atoms with E-state index < -0.39 is 13.8 Å². The van der Waals surface area contributed by atoms with Gasteiger partial charge >= 0.3 is 250 Å². The van der Waals surface area contributed by atoms with E-state index in [0.717, 1.165) is 11.1 Å². The molecule has 0 bridgehead atoms. The van der Waals surface area contributed by atoms with Gasteiger partial charge in [0.15, 0.2) is 0 Å². The Labute approximate surface area is 249 Å². The van der Waals surface area contributed by atoms with E-state index in [0.29, 0.717) is 66.0 Å². The number of ether oxygens (including phenoxy) is 8. The van der Waals surface area contributed by atoms with Crippen molar-refractivity contribution in [3.63, 3.8) is 0 Å². The zero-order chi connectivity index (χ0) is 30.4. The fraction of sp³-hybridized carbons (Fsp3) is 0.250. The summed E-state index contributed by atoms with van der Waals surface area (Å²) in [5.41, 5.74) is 2.87. The third-order valence-corrected chi connectivity index (χ3v) is 9.89. The van der Waals surface area contributed by atoms with Crippen LogP contribution in [0.2, 0.25) is 0 Å². The molecule has 0 saturated carbocycles. The Balaban J connectivity index is 1.97. The number of hydrogen-bond donors (Lipinski definition) is 0. The zero-order valence-corrected chi connectivity index (χ0v) is 26.6. The second kappa shape index (κ2) is 13.5. The third-order valence-electron chi connectivity index (χ3n) is 6.72. The van der Waals surface area contributed by atoms with E-state index in [1.807, 2.05) is 48.5 Å². The molecular formula is C32H34O9Se. The second-order valence-electron chi connectivity index (χ2n) is 8.82. The molecule has 0 aromatic heterocycles. The van der Waals surface area contributed by atoms with Crippen molar-refractivity contribution in [2.45, 2.75) is 0 Å². The molecule has 0 aliphatic carbocycles. The third kappa shape index (κ3) is 5.82. The molecule has 4 aromatic rings. The zero-order valence-electron chi connectivity index (χ0n) is 24.9. The average molecular weight is 642 g/mol. The van der Waals surface area contributed by atoms with Gasteiger partial charge in [-0.25, -0.2) is 0 Å². The first kappa shape index (κ1) is 30.6. The number of methoxy groups -OCH3 is 8. The van der Waals surface area contributed by atoms with Gasteiger partial charge in [-0.1, -0.05) is 0 Å². The Kier molecular flexibility index (Phi) is 9.83. The summed E-state index contributed by atoms with van der Waals surface area (Å²) in [5.74, 6) is 4.06. The fourth-order valence-corrected chi connectivity index (χ4v) is 7.52. The van der Waals surface area contributed by atoms with E-state index in [9.17, 15) is 3.83 Å². The summed E-state index contributed by atoms with van der Waals surface area (Å²) in [7, 11) is 12.5. The Bertz CT molecular complexity index is 1430. The summed E-state index contributed by atoms with van der Waals surface area (Å²) in [5, 5.41) is 0. The van der Waals surface area contributed by atoms with Gasteiger partial charge in [0.1, 0.15) is 0 Å². The molecule has 222 valence electrons. The van der Waals surface area contributed by atoms with Crippen LogP contribution in [0.15, 0.2) is 60.7 Å². The minimum absolute atomic E-state index is 0.461. The van der Waals surface area contributed by atoms with Crippen LogP contribution in [0, 0.1) is 0 Å². The molecular weight excluding hydrogens is 607 g/mol. The molecule has 0 spiro atoms. The van der Waals surface area contributed by atoms with E-state index in [2.05, 4.69) is 0 Å². The van der Waals surface area contributed by atoms with Crippen LogP contribution < -0.4 is 46.8 Å². The molecule has 9 nitrogen and oxygen atoms in total. The molecule has 10 heteroatoms. The van der Waals surface area contributed by atoms with E-state index in [-0.39, 0.29) is 0 Å². The second-order valence-corrected chi connectivity index (χ2v) is 11.8. The molecule has 0 atom stereocenters. The topological polar surface area (TPSA) is 90.9 Å². The van der Waals surface area contributed by atoms with Crippen LogP contribution in [0.5, 0.6) is 46.0 Å². The quantitative estimate of drug-likeness (QED) is 0.206. The molecule has 0 aliphatic rings. The summed E-state index contributed by atoms with van der Waals surface area (Å²) in [6.45, 7) is 0. The minimum atomic E-state index is -2.94. The first-order valence-electron chi connectivity index (χ1n) is 12.8. The van der Waals surface area contributed by atoms with Crippen molar-refractivity contribution < 1.29 is 41.7 Å². The molecule has 42 heavy (non-hydrogen) atoms. The van der Waals surface area contributed by atoms with E-state index >= 15 is 0 Å². The van der Waals surface area contributed by atoms with Gasteiger partial charge in [0.2, 0.25) is 0 Å². The molecule has 0 radical (unpaired) electrons. The van der Waals surface area contributed by atoms with Crippen molar-refractivity contribution in [3.05, 3.63) is 60.7 Å². The van der Waals surface area contributed by atoms with Gasteiger partial charge in [-0.2, -0.15) is 0 Å². The molecule has 0 amide bonds. The van der Waals surface area contributed by atoms with Crippen LogP contribution in [0.3, 0.4) is 0 Å². The van der Waals surface area contributed by atoms with Crippen LogP contribution >= 0.6 is 0 Å². The number of rotatable bonds is 12. The van der Waals surface area contributed by atoms with Crippen molar-refractivity contribution in [1.82, 2.24) is 0 Å². The summed E-state index contributed by atoms with van der Waals surface area (Å²) >= 11 is -2.94. The predicted molar refractivity (Wildman–Crippen MR) is 162 cm³/mol. The Morgan fingerprint density at radius 1 is 0.429 bits per heavy atom. The fourth-order valence-electron chi connectivity index (χ4n) is 4.64. The van der Waals surface area contributed by atoms with Crippen LogP contribution in [-0.4, -0.2) is 70.7 Å². The number of hydrogen-bond acceptors (Lipinski definition) is 9. The molecule has 0 saturated heterocycles. The summed E-state index contributed by atoms with van der Waals surface area (Å²) in [6.07, 6.45) is 0. The van der Waals surface area contributed by atoms with Crippen molar-refractivity contribution in [1.29, 1.82) is 0 Å². The maximum atomic E-state index is 14.7. The Morgan fingerprint density at radius 3 is 1.02 bits per heavy atom. The Morgan fingerprint density at radius 2 is 0.762 bits per heavy atom. The SMILES string of the molecule is COc1ccc([Se](=O)c2ccc(OC)cc2-c2cc(OC)c(OC)c(OC)c2)c(-c2cc(OC)c(OC)c(OC)c2)c1. The molecule has 4 aromatic carbocycles. The molecule has 0 aliphatic heterocycles. The van der Waals surface area contributed by atoms with Gasteiger partial charge in [-0.3, -0.25) is 0 Å². The molecule has 4 rings (SSSR count). The average Bonchev–Trinajstić information content (AvgIpc) is 3.05. The predicted octanol–water partition coefficient (Wildman–Crippen LogP) is 4.63. The van der Waals surface area contributed by atoms with Gasteiger partial charge in [-0.05, 0) is 0 Å².